The summed E-state index contributed by atoms with van der Waals surface area (Å²) >= 11 is 7.43. The Kier molecular flexibility index (Phi) is 4.78. The summed E-state index contributed by atoms with van der Waals surface area (Å²) in [7, 11) is 0. The summed E-state index contributed by atoms with van der Waals surface area (Å²) in [5.41, 5.74) is 1.11. The van der Waals surface area contributed by atoms with Crippen LogP contribution in [0.25, 0.3) is 0 Å². The Morgan fingerprint density at radius 1 is 1.48 bits per heavy atom. The molecule has 0 saturated carbocycles. The highest BCUT2D eigenvalue weighted by Gasteiger charge is 2.39. The first-order valence-corrected chi connectivity index (χ1v) is 8.08. The van der Waals surface area contributed by atoms with Crippen molar-refractivity contribution in [1.29, 1.82) is 0 Å². The van der Waals surface area contributed by atoms with Crippen LogP contribution >= 0.6 is 23.4 Å². The average Bonchev–Trinajstić information content (AvgIpc) is 2.79. The summed E-state index contributed by atoms with van der Waals surface area (Å²) in [6.45, 7) is 5.75. The van der Waals surface area contributed by atoms with E-state index >= 15 is 0 Å². The van der Waals surface area contributed by atoms with Gasteiger partial charge < -0.3 is 10.0 Å². The molecule has 0 aliphatic carbocycles. The van der Waals surface area contributed by atoms with E-state index in [0.717, 1.165) is 5.69 Å². The predicted molar refractivity (Wildman–Crippen MR) is 82.8 cm³/mol. The Morgan fingerprint density at radius 3 is 2.71 bits per heavy atom. The van der Waals surface area contributed by atoms with Crippen LogP contribution in [0.5, 0.6) is 0 Å². The molecule has 1 amide bonds. The first-order chi connectivity index (χ1) is 9.81. The summed E-state index contributed by atoms with van der Waals surface area (Å²) in [6, 6.07) is 2.38. The number of aliphatic carboxylic acids is 1. The second-order valence-corrected chi connectivity index (χ2v) is 6.99. The molecule has 1 saturated heterocycles. The number of halogens is 1. The molecule has 1 aliphatic rings. The zero-order chi connectivity index (χ0) is 15.7. The predicted octanol–water partition coefficient (Wildman–Crippen LogP) is 2.85. The van der Waals surface area contributed by atoms with Crippen molar-refractivity contribution in [2.45, 2.75) is 38.1 Å². The van der Waals surface area contributed by atoms with Gasteiger partial charge in [-0.25, -0.2) is 9.78 Å². The molecule has 0 aromatic carbocycles. The van der Waals surface area contributed by atoms with Crippen LogP contribution in [0.4, 0.5) is 0 Å². The maximum absolute atomic E-state index is 12.7. The molecule has 2 unspecified atom stereocenters. The van der Waals surface area contributed by atoms with E-state index in [-0.39, 0.29) is 22.4 Å². The summed E-state index contributed by atoms with van der Waals surface area (Å²) < 4.78 is 0. The number of hydrogen-bond acceptors (Lipinski definition) is 4. The minimum atomic E-state index is -0.982. The number of carbonyl (C=O) groups is 2. The molecule has 114 valence electrons. The lowest BCUT2D eigenvalue weighted by Gasteiger charge is -2.25. The van der Waals surface area contributed by atoms with Crippen LogP contribution in [0.15, 0.2) is 12.1 Å². The van der Waals surface area contributed by atoms with Crippen LogP contribution in [0.2, 0.25) is 5.15 Å². The molecule has 0 bridgehead atoms. The fraction of sp³-hybridized carbons (Fsp3) is 0.500. The van der Waals surface area contributed by atoms with E-state index in [2.05, 4.69) is 4.98 Å². The molecular weight excluding hydrogens is 312 g/mol. The Balaban J connectivity index is 2.37. The average molecular weight is 329 g/mol. The lowest BCUT2D eigenvalue weighted by atomic mass is 10.1. The maximum Gasteiger partial charge on any atom is 0.327 e. The van der Waals surface area contributed by atoms with Gasteiger partial charge in [0.25, 0.3) is 5.91 Å². The van der Waals surface area contributed by atoms with Crippen molar-refractivity contribution in [1.82, 2.24) is 9.88 Å². The molecule has 7 heteroatoms. The molecule has 1 aromatic rings. The lowest BCUT2D eigenvalue weighted by molar-refractivity contribution is -0.141. The van der Waals surface area contributed by atoms with Crippen molar-refractivity contribution >= 4 is 35.2 Å². The fourth-order valence-corrected chi connectivity index (χ4v) is 3.61. The molecule has 1 N–H and O–H groups in total. The first-order valence-electron chi connectivity index (χ1n) is 6.65. The normalized spacial score (nSPS) is 21.9. The van der Waals surface area contributed by atoms with E-state index in [1.54, 1.807) is 6.07 Å². The first kappa shape index (κ1) is 16.1. The molecule has 1 aromatic heterocycles. The topological polar surface area (TPSA) is 70.5 Å². The van der Waals surface area contributed by atoms with Gasteiger partial charge in [-0.3, -0.25) is 4.79 Å². The molecule has 0 radical (unpaired) electrons. The van der Waals surface area contributed by atoms with Crippen molar-refractivity contribution in [3.8, 4) is 0 Å². The van der Waals surface area contributed by atoms with Crippen molar-refractivity contribution in [2.75, 3.05) is 5.75 Å². The van der Waals surface area contributed by atoms with E-state index in [1.165, 1.54) is 22.7 Å². The Bertz CT molecular complexity index is 579. The number of pyridine rings is 1. The van der Waals surface area contributed by atoms with Crippen molar-refractivity contribution in [3.63, 3.8) is 0 Å². The number of thioether (sulfide) groups is 1. The number of nitrogens with zero attached hydrogens (tertiary/aromatic N) is 2. The van der Waals surface area contributed by atoms with Gasteiger partial charge in [-0.2, -0.15) is 0 Å². The zero-order valence-electron chi connectivity index (χ0n) is 12.0. The van der Waals surface area contributed by atoms with E-state index < -0.39 is 12.0 Å². The highest BCUT2D eigenvalue weighted by Crippen LogP contribution is 2.31. The van der Waals surface area contributed by atoms with Gasteiger partial charge in [-0.15, -0.1) is 11.8 Å². The van der Waals surface area contributed by atoms with Crippen LogP contribution < -0.4 is 0 Å². The Morgan fingerprint density at radius 2 is 2.14 bits per heavy atom. The quantitative estimate of drug-likeness (QED) is 0.864. The SMILES string of the molecule is CC(C)c1cc(C(=O)N2C(C)SCC2C(=O)O)cc(Cl)n1. The smallest absolute Gasteiger partial charge is 0.327 e. The van der Waals surface area contributed by atoms with Gasteiger partial charge in [0.05, 0.1) is 5.37 Å². The van der Waals surface area contributed by atoms with Gasteiger partial charge in [-0.1, -0.05) is 25.4 Å². The lowest BCUT2D eigenvalue weighted by Crippen LogP contribution is -2.44. The van der Waals surface area contributed by atoms with E-state index in [4.69, 9.17) is 11.6 Å². The number of rotatable bonds is 3. The highest BCUT2D eigenvalue weighted by atomic mass is 35.5. The largest absolute Gasteiger partial charge is 0.480 e. The number of carbonyl (C=O) groups excluding carboxylic acids is 1. The molecule has 5 nitrogen and oxygen atoms in total. The van der Waals surface area contributed by atoms with Crippen LogP contribution in [-0.2, 0) is 4.79 Å². The highest BCUT2D eigenvalue weighted by molar-refractivity contribution is 8.00. The minimum absolute atomic E-state index is 0.135. The van der Waals surface area contributed by atoms with Gasteiger partial charge in [0.15, 0.2) is 0 Å². The summed E-state index contributed by atoms with van der Waals surface area (Å²) in [5.74, 6) is -0.760. The van der Waals surface area contributed by atoms with Crippen molar-refractivity contribution in [2.24, 2.45) is 0 Å². The molecule has 0 spiro atoms. The van der Waals surface area contributed by atoms with Crippen molar-refractivity contribution in [3.05, 3.63) is 28.5 Å². The molecular formula is C14H17ClN2O3S. The second kappa shape index (κ2) is 6.23. The monoisotopic (exact) mass is 328 g/mol. The summed E-state index contributed by atoms with van der Waals surface area (Å²) in [4.78, 5) is 29.5. The molecule has 21 heavy (non-hydrogen) atoms. The standard InChI is InChI=1S/C14H17ClN2O3S/c1-7(2)10-4-9(5-12(15)16-10)13(18)17-8(3)21-6-11(17)14(19)20/h4-5,7-8,11H,6H2,1-3H3,(H,19,20). The molecule has 1 fully saturated rings. The number of aromatic nitrogens is 1. The van der Waals surface area contributed by atoms with Gasteiger partial charge in [0.2, 0.25) is 0 Å². The van der Waals surface area contributed by atoms with Crippen LogP contribution in [0.1, 0.15) is 42.7 Å². The third kappa shape index (κ3) is 3.32. The Labute approximate surface area is 132 Å². The third-order valence-corrected chi connectivity index (χ3v) is 4.81. The summed E-state index contributed by atoms with van der Waals surface area (Å²) in [6.07, 6.45) is 0. The summed E-state index contributed by atoms with van der Waals surface area (Å²) in [5, 5.41) is 9.32. The van der Waals surface area contributed by atoms with Gasteiger partial charge in [-0.05, 0) is 25.0 Å². The third-order valence-electron chi connectivity index (χ3n) is 3.39. The number of carboxylic acid groups (broad SMARTS) is 1. The Hall–Kier alpha value is -1.27. The van der Waals surface area contributed by atoms with Crippen LogP contribution in [0.3, 0.4) is 0 Å². The van der Waals surface area contributed by atoms with Crippen LogP contribution in [0, 0.1) is 0 Å². The van der Waals surface area contributed by atoms with Gasteiger partial charge in [0.1, 0.15) is 11.2 Å². The van der Waals surface area contributed by atoms with Crippen LogP contribution in [-0.4, -0.2) is 44.0 Å². The number of carboxylic acids is 1. The second-order valence-electron chi connectivity index (χ2n) is 5.26. The zero-order valence-corrected chi connectivity index (χ0v) is 13.6. The molecule has 2 rings (SSSR count). The maximum atomic E-state index is 12.7. The van der Waals surface area contributed by atoms with E-state index in [1.807, 2.05) is 20.8 Å². The van der Waals surface area contributed by atoms with Gasteiger partial charge in [0, 0.05) is 17.0 Å². The number of amides is 1. The molecule has 2 atom stereocenters. The van der Waals surface area contributed by atoms with Crippen molar-refractivity contribution < 1.29 is 14.7 Å². The molecule has 2 heterocycles. The number of hydrogen-bond donors (Lipinski definition) is 1. The fourth-order valence-electron chi connectivity index (χ4n) is 2.23. The van der Waals surface area contributed by atoms with E-state index in [9.17, 15) is 14.7 Å². The molecule has 1 aliphatic heterocycles. The van der Waals surface area contributed by atoms with Gasteiger partial charge >= 0.3 is 5.97 Å². The van der Waals surface area contributed by atoms with E-state index in [0.29, 0.717) is 11.3 Å². The minimum Gasteiger partial charge on any atom is -0.480 e.